The van der Waals surface area contributed by atoms with Gasteiger partial charge in [0, 0.05) is 15.6 Å². The van der Waals surface area contributed by atoms with Crippen molar-refractivity contribution < 1.29 is 14.3 Å². The monoisotopic (exact) mass is 351 g/mol. The molecular formula is C16H15BrFNO2. The number of hydrogen-bond acceptors (Lipinski definition) is 2. The van der Waals surface area contributed by atoms with Crippen LogP contribution >= 0.6 is 15.9 Å². The first-order valence-corrected chi connectivity index (χ1v) is 7.91. The number of rotatable bonds is 1. The van der Waals surface area contributed by atoms with Crippen LogP contribution in [0.3, 0.4) is 0 Å². The Bertz CT molecular complexity index is 730. The minimum absolute atomic E-state index is 0.220. The topological polar surface area (TPSA) is 50.2 Å². The minimum Gasteiger partial charge on any atom is -0.478 e. The number of halogens is 2. The van der Waals surface area contributed by atoms with E-state index in [9.17, 15) is 14.3 Å². The zero-order valence-corrected chi connectivity index (χ0v) is 13.0. The summed E-state index contributed by atoms with van der Waals surface area (Å²) in [5.41, 5.74) is 2.39. The van der Waals surface area contributed by atoms with Crippen molar-refractivity contribution in [2.24, 2.45) is 0 Å². The second kappa shape index (κ2) is 5.72. The highest BCUT2D eigenvalue weighted by Gasteiger charge is 2.22. The van der Waals surface area contributed by atoms with Crippen LogP contribution in [-0.2, 0) is 12.8 Å². The number of nitrogens with zero attached hydrogens (tertiary/aromatic N) is 1. The second-order valence-electron chi connectivity index (χ2n) is 5.42. The number of benzene rings is 1. The van der Waals surface area contributed by atoms with Crippen molar-refractivity contribution in [3.63, 3.8) is 0 Å². The van der Waals surface area contributed by atoms with E-state index in [0.29, 0.717) is 21.8 Å². The third-order valence-corrected chi connectivity index (χ3v) is 4.60. The van der Waals surface area contributed by atoms with E-state index >= 15 is 0 Å². The molecule has 0 atom stereocenters. The van der Waals surface area contributed by atoms with Gasteiger partial charge in [0.2, 0.25) is 0 Å². The molecule has 1 N–H and O–H groups in total. The molecule has 0 amide bonds. The van der Waals surface area contributed by atoms with E-state index in [0.717, 1.165) is 43.4 Å². The molecule has 21 heavy (non-hydrogen) atoms. The number of carbonyl (C=O) groups is 1. The lowest BCUT2D eigenvalue weighted by molar-refractivity contribution is 0.0697. The number of aromatic nitrogens is 1. The van der Waals surface area contributed by atoms with Crippen LogP contribution in [-0.4, -0.2) is 16.1 Å². The summed E-state index contributed by atoms with van der Waals surface area (Å²) in [4.78, 5) is 16.4. The number of aromatic carboxylic acids is 1. The van der Waals surface area contributed by atoms with Crippen molar-refractivity contribution in [3.8, 4) is 0 Å². The average molecular weight is 352 g/mol. The summed E-state index contributed by atoms with van der Waals surface area (Å²) < 4.78 is 14.2. The molecule has 1 aromatic heterocycles. The fourth-order valence-electron chi connectivity index (χ4n) is 3.05. The molecule has 3 rings (SSSR count). The Kier molecular flexibility index (Phi) is 3.93. The molecule has 0 aliphatic heterocycles. The SMILES string of the molecule is O=C(O)c1c2c(nc3c(Br)cc(F)cc13)CCCCCC2. The van der Waals surface area contributed by atoms with Crippen molar-refractivity contribution in [2.75, 3.05) is 0 Å². The third kappa shape index (κ3) is 2.67. The van der Waals surface area contributed by atoms with Gasteiger partial charge < -0.3 is 5.11 Å². The van der Waals surface area contributed by atoms with Gasteiger partial charge in [-0.05, 0) is 59.3 Å². The van der Waals surface area contributed by atoms with Crippen LogP contribution in [0.4, 0.5) is 4.39 Å². The Balaban J connectivity index is 2.37. The fraction of sp³-hybridized carbons (Fsp3) is 0.375. The Morgan fingerprint density at radius 3 is 2.62 bits per heavy atom. The highest BCUT2D eigenvalue weighted by Crippen LogP contribution is 2.32. The van der Waals surface area contributed by atoms with Crippen LogP contribution in [0.5, 0.6) is 0 Å². The van der Waals surface area contributed by atoms with E-state index in [4.69, 9.17) is 0 Å². The first-order chi connectivity index (χ1) is 10.1. The average Bonchev–Trinajstić information content (AvgIpc) is 2.38. The maximum absolute atomic E-state index is 13.7. The molecule has 5 heteroatoms. The van der Waals surface area contributed by atoms with Crippen LogP contribution in [0.1, 0.15) is 47.3 Å². The van der Waals surface area contributed by atoms with E-state index < -0.39 is 11.8 Å². The Morgan fingerprint density at radius 2 is 1.90 bits per heavy atom. The first kappa shape index (κ1) is 14.4. The zero-order chi connectivity index (χ0) is 15.0. The third-order valence-electron chi connectivity index (χ3n) is 4.00. The lowest BCUT2D eigenvalue weighted by Gasteiger charge is -2.18. The Labute approximate surface area is 130 Å². The molecule has 0 saturated carbocycles. The van der Waals surface area contributed by atoms with E-state index in [1.165, 1.54) is 12.1 Å². The molecule has 0 saturated heterocycles. The summed E-state index contributed by atoms with van der Waals surface area (Å²) in [6.07, 6.45) is 5.71. The van der Waals surface area contributed by atoms with Crippen LogP contribution in [0.15, 0.2) is 16.6 Å². The predicted molar refractivity (Wildman–Crippen MR) is 82.2 cm³/mol. The summed E-state index contributed by atoms with van der Waals surface area (Å²) in [5.74, 6) is -1.46. The summed E-state index contributed by atoms with van der Waals surface area (Å²) in [5, 5.41) is 10.0. The normalized spacial score (nSPS) is 15.3. The smallest absolute Gasteiger partial charge is 0.336 e. The van der Waals surface area contributed by atoms with Gasteiger partial charge >= 0.3 is 5.97 Å². The van der Waals surface area contributed by atoms with Gasteiger partial charge in [-0.1, -0.05) is 12.8 Å². The van der Waals surface area contributed by atoms with Crippen molar-refractivity contribution in [1.82, 2.24) is 4.98 Å². The van der Waals surface area contributed by atoms with Crippen LogP contribution < -0.4 is 0 Å². The number of carboxylic acids is 1. The van der Waals surface area contributed by atoms with E-state index in [1.54, 1.807) is 0 Å². The summed E-state index contributed by atoms with van der Waals surface area (Å²) in [6, 6.07) is 2.60. The van der Waals surface area contributed by atoms with Gasteiger partial charge in [-0.25, -0.2) is 9.18 Å². The number of aryl methyl sites for hydroxylation is 1. The molecule has 1 heterocycles. The van der Waals surface area contributed by atoms with Gasteiger partial charge in [-0.3, -0.25) is 4.98 Å². The van der Waals surface area contributed by atoms with Gasteiger partial charge in [-0.2, -0.15) is 0 Å². The maximum atomic E-state index is 13.7. The fourth-order valence-corrected chi connectivity index (χ4v) is 3.57. The minimum atomic E-state index is -1.00. The molecule has 0 spiro atoms. The predicted octanol–water partition coefficient (Wildman–Crippen LogP) is 4.49. The lowest BCUT2D eigenvalue weighted by Crippen LogP contribution is -2.12. The van der Waals surface area contributed by atoms with Gasteiger partial charge in [0.25, 0.3) is 0 Å². The largest absolute Gasteiger partial charge is 0.478 e. The molecule has 110 valence electrons. The highest BCUT2D eigenvalue weighted by molar-refractivity contribution is 9.10. The summed E-state index contributed by atoms with van der Waals surface area (Å²) in [7, 11) is 0. The van der Waals surface area contributed by atoms with Crippen LogP contribution in [0, 0.1) is 5.82 Å². The van der Waals surface area contributed by atoms with Gasteiger partial charge in [0.1, 0.15) is 5.82 Å². The Hall–Kier alpha value is -1.49. The molecule has 2 aromatic rings. The van der Waals surface area contributed by atoms with Gasteiger partial charge in [0.15, 0.2) is 0 Å². The van der Waals surface area contributed by atoms with E-state index in [-0.39, 0.29) is 5.56 Å². The maximum Gasteiger partial charge on any atom is 0.336 e. The Morgan fingerprint density at radius 1 is 1.19 bits per heavy atom. The molecule has 1 aromatic carbocycles. The highest BCUT2D eigenvalue weighted by atomic mass is 79.9. The van der Waals surface area contributed by atoms with E-state index in [1.807, 2.05) is 0 Å². The van der Waals surface area contributed by atoms with Crippen LogP contribution in [0.25, 0.3) is 10.9 Å². The van der Waals surface area contributed by atoms with Crippen molar-refractivity contribution in [1.29, 1.82) is 0 Å². The quantitative estimate of drug-likeness (QED) is 0.823. The second-order valence-corrected chi connectivity index (χ2v) is 6.27. The lowest BCUT2D eigenvalue weighted by atomic mass is 9.91. The van der Waals surface area contributed by atoms with Crippen molar-refractivity contribution in [2.45, 2.75) is 38.5 Å². The molecule has 0 unspecified atom stereocenters. The van der Waals surface area contributed by atoms with Crippen molar-refractivity contribution >= 4 is 32.8 Å². The first-order valence-electron chi connectivity index (χ1n) is 7.11. The summed E-state index contributed by atoms with van der Waals surface area (Å²) >= 11 is 3.30. The molecule has 0 fully saturated rings. The molecular weight excluding hydrogens is 337 g/mol. The standard InChI is InChI=1S/C16H15BrFNO2/c17-12-8-9(18)7-11-14(16(20)21)10-5-3-1-2-4-6-13(10)19-15(11)12/h7-8H,1-6H2,(H,20,21). The molecule has 0 bridgehead atoms. The number of carboxylic acid groups (broad SMARTS) is 1. The van der Waals surface area contributed by atoms with Crippen molar-refractivity contribution in [3.05, 3.63) is 39.2 Å². The number of pyridine rings is 1. The van der Waals surface area contributed by atoms with Gasteiger partial charge in [0.05, 0.1) is 11.1 Å². The van der Waals surface area contributed by atoms with Gasteiger partial charge in [-0.15, -0.1) is 0 Å². The number of hydrogen-bond donors (Lipinski definition) is 1. The van der Waals surface area contributed by atoms with Crippen LogP contribution in [0.2, 0.25) is 0 Å². The zero-order valence-electron chi connectivity index (χ0n) is 11.5. The molecule has 0 radical (unpaired) electrons. The summed E-state index contributed by atoms with van der Waals surface area (Å²) in [6.45, 7) is 0. The molecule has 1 aliphatic carbocycles. The number of fused-ring (bicyclic) bond motifs is 2. The molecule has 3 nitrogen and oxygen atoms in total. The molecule has 1 aliphatic rings. The van der Waals surface area contributed by atoms with E-state index in [2.05, 4.69) is 20.9 Å².